The van der Waals surface area contributed by atoms with E-state index in [2.05, 4.69) is 9.97 Å². The Kier molecular flexibility index (Phi) is 4.13. The van der Waals surface area contributed by atoms with Gasteiger partial charge >= 0.3 is 0 Å². The van der Waals surface area contributed by atoms with E-state index in [1.807, 2.05) is 82.4 Å². The lowest BCUT2D eigenvalue weighted by atomic mass is 10.1. The van der Waals surface area contributed by atoms with Crippen molar-refractivity contribution in [1.82, 2.24) is 19.3 Å². The number of amides is 1. The van der Waals surface area contributed by atoms with Gasteiger partial charge < -0.3 is 9.30 Å². The summed E-state index contributed by atoms with van der Waals surface area (Å²) in [5, 5.41) is 0. The molecule has 1 aliphatic rings. The molecule has 138 valence electrons. The average Bonchev–Trinajstić information content (AvgIpc) is 3.41. The van der Waals surface area contributed by atoms with E-state index in [-0.39, 0.29) is 11.9 Å². The third-order valence-corrected chi connectivity index (χ3v) is 5.31. The van der Waals surface area contributed by atoms with Crippen molar-refractivity contribution < 1.29 is 4.79 Å². The molecule has 0 saturated carbocycles. The van der Waals surface area contributed by atoms with Gasteiger partial charge in [0.25, 0.3) is 5.91 Å². The molecule has 3 aromatic heterocycles. The van der Waals surface area contributed by atoms with Crippen LogP contribution in [0.4, 0.5) is 0 Å². The first-order chi connectivity index (χ1) is 13.8. The van der Waals surface area contributed by atoms with Crippen LogP contribution in [0.25, 0.3) is 16.9 Å². The normalized spacial score (nSPS) is 16.6. The number of benzene rings is 1. The summed E-state index contributed by atoms with van der Waals surface area (Å²) in [6.45, 7) is 0.761. The minimum absolute atomic E-state index is 0.0463. The molecule has 5 nitrogen and oxygen atoms in total. The van der Waals surface area contributed by atoms with Crippen LogP contribution in [0.5, 0.6) is 0 Å². The van der Waals surface area contributed by atoms with Gasteiger partial charge in [-0.25, -0.2) is 4.98 Å². The fraction of sp³-hybridized carbons (Fsp3) is 0.174. The highest BCUT2D eigenvalue weighted by molar-refractivity contribution is 5.94. The highest BCUT2D eigenvalue weighted by Gasteiger charge is 2.31. The van der Waals surface area contributed by atoms with Crippen LogP contribution >= 0.6 is 0 Å². The molecule has 5 heteroatoms. The van der Waals surface area contributed by atoms with Gasteiger partial charge in [-0.2, -0.15) is 0 Å². The average molecular weight is 368 g/mol. The van der Waals surface area contributed by atoms with Crippen LogP contribution in [0.15, 0.2) is 79.3 Å². The third kappa shape index (κ3) is 2.95. The summed E-state index contributed by atoms with van der Waals surface area (Å²) in [5.74, 6) is 0.0463. The lowest BCUT2D eigenvalue weighted by molar-refractivity contribution is 0.0732. The van der Waals surface area contributed by atoms with Gasteiger partial charge in [-0.05, 0) is 37.1 Å². The van der Waals surface area contributed by atoms with Gasteiger partial charge in [0.15, 0.2) is 0 Å². The Morgan fingerprint density at radius 2 is 1.82 bits per heavy atom. The third-order valence-electron chi connectivity index (χ3n) is 5.31. The summed E-state index contributed by atoms with van der Waals surface area (Å²) >= 11 is 0. The van der Waals surface area contributed by atoms with E-state index < -0.39 is 0 Å². The van der Waals surface area contributed by atoms with Crippen molar-refractivity contribution in [3.05, 3.63) is 90.5 Å². The molecule has 1 aromatic carbocycles. The predicted octanol–water partition coefficient (Wildman–Crippen LogP) is 4.37. The number of pyridine rings is 2. The summed E-state index contributed by atoms with van der Waals surface area (Å²) in [6, 6.07) is 19.8. The first-order valence-corrected chi connectivity index (χ1v) is 9.56. The number of imidazole rings is 1. The van der Waals surface area contributed by atoms with E-state index in [9.17, 15) is 4.79 Å². The monoisotopic (exact) mass is 368 g/mol. The molecule has 1 atom stereocenters. The molecule has 4 aromatic rings. The van der Waals surface area contributed by atoms with E-state index in [4.69, 9.17) is 0 Å². The molecule has 1 saturated heterocycles. The van der Waals surface area contributed by atoms with Gasteiger partial charge in [0.2, 0.25) is 0 Å². The molecule has 1 amide bonds. The van der Waals surface area contributed by atoms with Crippen molar-refractivity contribution >= 4 is 11.6 Å². The van der Waals surface area contributed by atoms with Crippen molar-refractivity contribution in [3.63, 3.8) is 0 Å². The molecule has 1 fully saturated rings. The molecule has 1 aliphatic heterocycles. The molecule has 28 heavy (non-hydrogen) atoms. The molecule has 5 rings (SSSR count). The Balaban J connectivity index is 1.46. The van der Waals surface area contributed by atoms with Crippen molar-refractivity contribution in [3.8, 4) is 11.3 Å². The van der Waals surface area contributed by atoms with Crippen molar-refractivity contribution in [1.29, 1.82) is 0 Å². The zero-order valence-electron chi connectivity index (χ0n) is 15.4. The van der Waals surface area contributed by atoms with E-state index in [1.165, 1.54) is 0 Å². The Labute approximate surface area is 163 Å². The lowest BCUT2D eigenvalue weighted by Gasteiger charge is -2.24. The van der Waals surface area contributed by atoms with Crippen molar-refractivity contribution in [2.75, 3.05) is 6.54 Å². The van der Waals surface area contributed by atoms with Gasteiger partial charge in [0.1, 0.15) is 5.65 Å². The maximum Gasteiger partial charge on any atom is 0.255 e. The van der Waals surface area contributed by atoms with Gasteiger partial charge in [-0.3, -0.25) is 9.78 Å². The SMILES string of the molecule is O=C(c1ccc2nc(-c3ccccc3)cn2c1)N1CCC[C@@H]1c1ccccn1. The standard InChI is InChI=1S/C23H20N4O/c28-23(27-14-6-10-21(27)19-9-4-5-13-24-19)18-11-12-22-25-20(16-26(22)15-18)17-7-2-1-3-8-17/h1-5,7-9,11-13,15-16,21H,6,10,14H2/t21-/m1/s1. The minimum atomic E-state index is 0.0463. The topological polar surface area (TPSA) is 50.5 Å². The molecule has 0 N–H and O–H groups in total. The number of nitrogens with zero attached hydrogens (tertiary/aromatic N) is 4. The van der Waals surface area contributed by atoms with Gasteiger partial charge in [0.05, 0.1) is 23.0 Å². The largest absolute Gasteiger partial charge is 0.330 e. The first-order valence-electron chi connectivity index (χ1n) is 9.56. The van der Waals surface area contributed by atoms with E-state index in [1.54, 1.807) is 6.20 Å². The van der Waals surface area contributed by atoms with Crippen LogP contribution in [-0.2, 0) is 0 Å². The Morgan fingerprint density at radius 1 is 0.964 bits per heavy atom. The summed E-state index contributed by atoms with van der Waals surface area (Å²) in [6.07, 6.45) is 7.60. The Bertz CT molecular complexity index is 1120. The van der Waals surface area contributed by atoms with Crippen LogP contribution in [0.1, 0.15) is 34.9 Å². The van der Waals surface area contributed by atoms with Crippen LogP contribution in [0.2, 0.25) is 0 Å². The molecule has 0 radical (unpaired) electrons. The van der Waals surface area contributed by atoms with E-state index in [0.29, 0.717) is 5.56 Å². The molecular formula is C23H20N4O. The number of hydrogen-bond donors (Lipinski definition) is 0. The number of carbonyl (C=O) groups excluding carboxylic acids is 1. The number of carbonyl (C=O) groups is 1. The Hall–Kier alpha value is -3.47. The second-order valence-electron chi connectivity index (χ2n) is 7.09. The quantitative estimate of drug-likeness (QED) is 0.539. The summed E-state index contributed by atoms with van der Waals surface area (Å²) < 4.78 is 1.93. The summed E-state index contributed by atoms with van der Waals surface area (Å²) in [5.41, 5.74) is 4.43. The van der Waals surface area contributed by atoms with Crippen molar-refractivity contribution in [2.24, 2.45) is 0 Å². The van der Waals surface area contributed by atoms with Crippen LogP contribution in [0, 0.1) is 0 Å². The van der Waals surface area contributed by atoms with Crippen LogP contribution in [-0.4, -0.2) is 31.7 Å². The van der Waals surface area contributed by atoms with E-state index >= 15 is 0 Å². The smallest absolute Gasteiger partial charge is 0.255 e. The molecular weight excluding hydrogens is 348 g/mol. The fourth-order valence-electron chi connectivity index (χ4n) is 3.92. The molecule has 0 bridgehead atoms. The Morgan fingerprint density at radius 3 is 2.64 bits per heavy atom. The summed E-state index contributed by atoms with van der Waals surface area (Å²) in [7, 11) is 0. The maximum atomic E-state index is 13.2. The zero-order valence-corrected chi connectivity index (χ0v) is 15.4. The predicted molar refractivity (Wildman–Crippen MR) is 108 cm³/mol. The second-order valence-corrected chi connectivity index (χ2v) is 7.09. The number of likely N-dealkylation sites (tertiary alicyclic amines) is 1. The number of rotatable bonds is 3. The number of hydrogen-bond acceptors (Lipinski definition) is 3. The summed E-state index contributed by atoms with van der Waals surface area (Å²) in [4.78, 5) is 24.3. The van der Waals surface area contributed by atoms with Gasteiger partial charge in [0, 0.05) is 30.7 Å². The maximum absolute atomic E-state index is 13.2. The number of aromatic nitrogens is 3. The highest BCUT2D eigenvalue weighted by Crippen LogP contribution is 2.32. The molecule has 0 aliphatic carbocycles. The zero-order chi connectivity index (χ0) is 18.9. The first kappa shape index (κ1) is 16.7. The van der Waals surface area contributed by atoms with Crippen LogP contribution in [0.3, 0.4) is 0 Å². The van der Waals surface area contributed by atoms with Gasteiger partial charge in [-0.1, -0.05) is 36.4 Å². The molecule has 0 unspecified atom stereocenters. The highest BCUT2D eigenvalue weighted by atomic mass is 16.2. The van der Waals surface area contributed by atoms with Crippen molar-refractivity contribution in [2.45, 2.75) is 18.9 Å². The second kappa shape index (κ2) is 6.93. The van der Waals surface area contributed by atoms with E-state index in [0.717, 1.165) is 42.0 Å². The number of fused-ring (bicyclic) bond motifs is 1. The minimum Gasteiger partial charge on any atom is -0.330 e. The van der Waals surface area contributed by atoms with Crippen LogP contribution < -0.4 is 0 Å². The fourth-order valence-corrected chi connectivity index (χ4v) is 3.92. The molecule has 4 heterocycles. The lowest BCUT2D eigenvalue weighted by Crippen LogP contribution is -2.31. The van der Waals surface area contributed by atoms with Gasteiger partial charge in [-0.15, -0.1) is 0 Å². The molecule has 0 spiro atoms.